The van der Waals surface area contributed by atoms with Crippen molar-refractivity contribution in [2.24, 2.45) is 0 Å². The van der Waals surface area contributed by atoms with Gasteiger partial charge >= 0.3 is 0 Å². The Bertz CT molecular complexity index is 423. The van der Waals surface area contributed by atoms with Crippen molar-refractivity contribution in [3.8, 4) is 11.5 Å². The summed E-state index contributed by atoms with van der Waals surface area (Å²) in [5, 5.41) is 10.2. The van der Waals surface area contributed by atoms with Crippen molar-refractivity contribution in [1.82, 2.24) is 0 Å². The van der Waals surface area contributed by atoms with Gasteiger partial charge in [-0.15, -0.1) is 0 Å². The summed E-state index contributed by atoms with van der Waals surface area (Å²) in [7, 11) is 3.27. The summed E-state index contributed by atoms with van der Waals surface area (Å²) in [6.45, 7) is 0. The Labute approximate surface area is 114 Å². The van der Waals surface area contributed by atoms with Crippen LogP contribution in [0.4, 0.5) is 0 Å². The second-order valence-electron chi connectivity index (χ2n) is 3.84. The van der Waals surface area contributed by atoms with Crippen molar-refractivity contribution >= 4 is 27.7 Å². The van der Waals surface area contributed by atoms with Crippen LogP contribution >= 0.6 is 27.7 Å². The molecule has 1 aromatic rings. The molecule has 0 spiro atoms. The number of hydrogen-bond acceptors (Lipinski definition) is 4. The van der Waals surface area contributed by atoms with Crippen LogP contribution in [0, 0.1) is 0 Å². The Hall–Kier alpha value is -0.390. The van der Waals surface area contributed by atoms with Crippen molar-refractivity contribution in [2.45, 2.75) is 18.3 Å². The second-order valence-corrected chi connectivity index (χ2v) is 5.80. The molecule has 2 rings (SSSR count). The highest BCUT2D eigenvalue weighted by Crippen LogP contribution is 2.45. The van der Waals surface area contributed by atoms with E-state index in [1.807, 2.05) is 6.07 Å². The van der Waals surface area contributed by atoms with E-state index in [4.69, 9.17) is 9.47 Å². The molecule has 0 saturated carbocycles. The largest absolute Gasteiger partial charge is 0.496 e. The van der Waals surface area contributed by atoms with Gasteiger partial charge in [0.15, 0.2) is 0 Å². The van der Waals surface area contributed by atoms with Gasteiger partial charge in [0, 0.05) is 16.9 Å². The first-order chi connectivity index (χ1) is 8.19. The van der Waals surface area contributed by atoms with Crippen molar-refractivity contribution in [1.29, 1.82) is 0 Å². The molecule has 0 fully saturated rings. The number of methoxy groups -OCH3 is 2. The van der Waals surface area contributed by atoms with Crippen LogP contribution in [0.15, 0.2) is 10.5 Å². The van der Waals surface area contributed by atoms with Gasteiger partial charge in [0.25, 0.3) is 0 Å². The standard InChI is InChI=1S/C12H15BrO3S/c1-15-10-5-8(13)12(16-2)11-7(10)6-17-4-3-9(11)14/h5,9,14H,3-4,6H2,1-2H3/t9-/m1/s1. The predicted molar refractivity (Wildman–Crippen MR) is 73.0 cm³/mol. The highest BCUT2D eigenvalue weighted by atomic mass is 79.9. The molecule has 0 radical (unpaired) electrons. The quantitative estimate of drug-likeness (QED) is 0.909. The van der Waals surface area contributed by atoms with Crippen molar-refractivity contribution in [2.75, 3.05) is 20.0 Å². The van der Waals surface area contributed by atoms with Crippen LogP contribution < -0.4 is 9.47 Å². The lowest BCUT2D eigenvalue weighted by molar-refractivity contribution is 0.170. The highest BCUT2D eigenvalue weighted by molar-refractivity contribution is 9.10. The number of rotatable bonds is 2. The van der Waals surface area contributed by atoms with E-state index in [0.29, 0.717) is 0 Å². The molecular formula is C12H15BrO3S. The lowest BCUT2D eigenvalue weighted by Crippen LogP contribution is -2.05. The Morgan fingerprint density at radius 2 is 2.18 bits per heavy atom. The van der Waals surface area contributed by atoms with Crippen molar-refractivity contribution in [3.05, 3.63) is 21.7 Å². The van der Waals surface area contributed by atoms with E-state index in [2.05, 4.69) is 15.9 Å². The fourth-order valence-corrected chi connectivity index (χ4v) is 3.69. The summed E-state index contributed by atoms with van der Waals surface area (Å²) in [6.07, 6.45) is 0.259. The third kappa shape index (κ3) is 2.41. The van der Waals surface area contributed by atoms with E-state index in [0.717, 1.165) is 45.0 Å². The number of halogens is 1. The molecular weight excluding hydrogens is 304 g/mol. The van der Waals surface area contributed by atoms with Gasteiger partial charge in [0.05, 0.1) is 24.8 Å². The number of benzene rings is 1. The van der Waals surface area contributed by atoms with Gasteiger partial charge in [-0.1, -0.05) is 0 Å². The van der Waals surface area contributed by atoms with E-state index >= 15 is 0 Å². The molecule has 17 heavy (non-hydrogen) atoms. The third-order valence-corrected chi connectivity index (χ3v) is 4.49. The van der Waals surface area contributed by atoms with Crippen LogP contribution in [0.3, 0.4) is 0 Å². The van der Waals surface area contributed by atoms with Crippen molar-refractivity contribution in [3.63, 3.8) is 0 Å². The zero-order valence-corrected chi connectivity index (χ0v) is 12.2. The van der Waals surface area contributed by atoms with Gasteiger partial charge in [-0.2, -0.15) is 11.8 Å². The van der Waals surface area contributed by atoms with Crippen LogP contribution in [0.2, 0.25) is 0 Å². The predicted octanol–water partition coefficient (Wildman–Crippen LogP) is 3.14. The molecule has 0 saturated heterocycles. The minimum absolute atomic E-state index is 0.485. The molecule has 94 valence electrons. The van der Waals surface area contributed by atoms with Crippen LogP contribution in [-0.2, 0) is 5.75 Å². The van der Waals surface area contributed by atoms with Crippen LogP contribution in [-0.4, -0.2) is 25.1 Å². The lowest BCUT2D eigenvalue weighted by Gasteiger charge is -2.19. The van der Waals surface area contributed by atoms with Gasteiger partial charge in [0.2, 0.25) is 0 Å². The number of aliphatic hydroxyl groups is 1. The van der Waals surface area contributed by atoms with Crippen LogP contribution in [0.1, 0.15) is 23.7 Å². The number of aliphatic hydroxyl groups excluding tert-OH is 1. The van der Waals surface area contributed by atoms with E-state index in [1.54, 1.807) is 26.0 Å². The topological polar surface area (TPSA) is 38.7 Å². The Balaban J connectivity index is 2.65. The highest BCUT2D eigenvalue weighted by Gasteiger charge is 2.26. The summed E-state index contributed by atoms with van der Waals surface area (Å²) in [5.41, 5.74) is 1.91. The van der Waals surface area contributed by atoms with E-state index in [1.165, 1.54) is 0 Å². The van der Waals surface area contributed by atoms with E-state index in [-0.39, 0.29) is 0 Å². The fourth-order valence-electron chi connectivity index (χ4n) is 2.07. The van der Waals surface area contributed by atoms with Gasteiger partial charge < -0.3 is 14.6 Å². The summed E-state index contributed by atoms with van der Waals surface area (Å²) < 4.78 is 11.6. The lowest BCUT2D eigenvalue weighted by atomic mass is 9.99. The van der Waals surface area contributed by atoms with Crippen molar-refractivity contribution < 1.29 is 14.6 Å². The van der Waals surface area contributed by atoms with E-state index < -0.39 is 6.10 Å². The van der Waals surface area contributed by atoms with Gasteiger partial charge in [-0.3, -0.25) is 0 Å². The first-order valence-corrected chi connectivity index (χ1v) is 7.32. The van der Waals surface area contributed by atoms with Gasteiger partial charge in [-0.05, 0) is 34.2 Å². The molecule has 0 aromatic heterocycles. The zero-order chi connectivity index (χ0) is 12.4. The average Bonchev–Trinajstić information content (AvgIpc) is 2.51. The fraction of sp³-hybridized carbons (Fsp3) is 0.500. The summed E-state index contributed by atoms with van der Waals surface area (Å²) >= 11 is 5.26. The third-order valence-electron chi connectivity index (χ3n) is 2.88. The molecule has 0 bridgehead atoms. The normalized spacial score (nSPS) is 19.4. The average molecular weight is 319 g/mol. The maximum absolute atomic E-state index is 10.2. The van der Waals surface area contributed by atoms with E-state index in [9.17, 15) is 5.11 Å². The molecule has 0 amide bonds. The Morgan fingerprint density at radius 3 is 2.82 bits per heavy atom. The summed E-state index contributed by atoms with van der Waals surface area (Å²) in [6, 6.07) is 1.90. The molecule has 5 heteroatoms. The smallest absolute Gasteiger partial charge is 0.139 e. The SMILES string of the molecule is COc1cc(Br)c(OC)c2c1CSCC[C@H]2O. The molecule has 3 nitrogen and oxygen atoms in total. The number of thioether (sulfide) groups is 1. The Morgan fingerprint density at radius 1 is 1.41 bits per heavy atom. The first kappa shape index (κ1) is 13.1. The van der Waals surface area contributed by atoms with Crippen LogP contribution in [0.25, 0.3) is 0 Å². The molecule has 1 atom stereocenters. The number of fused-ring (bicyclic) bond motifs is 1. The monoisotopic (exact) mass is 318 g/mol. The molecule has 1 aliphatic heterocycles. The molecule has 1 aliphatic rings. The molecule has 0 aliphatic carbocycles. The molecule has 1 aromatic carbocycles. The van der Waals surface area contributed by atoms with Gasteiger partial charge in [0.1, 0.15) is 11.5 Å². The Kier molecular flexibility index (Phi) is 4.22. The summed E-state index contributed by atoms with van der Waals surface area (Å²) in [5.74, 6) is 3.32. The zero-order valence-electron chi connectivity index (χ0n) is 9.83. The number of ether oxygens (including phenoxy) is 2. The molecule has 0 unspecified atom stereocenters. The maximum atomic E-state index is 10.2. The first-order valence-electron chi connectivity index (χ1n) is 5.38. The van der Waals surface area contributed by atoms with Crippen LogP contribution in [0.5, 0.6) is 11.5 Å². The van der Waals surface area contributed by atoms with Gasteiger partial charge in [-0.25, -0.2) is 0 Å². The minimum Gasteiger partial charge on any atom is -0.496 e. The second kappa shape index (κ2) is 5.50. The number of hydrogen-bond donors (Lipinski definition) is 1. The maximum Gasteiger partial charge on any atom is 0.139 e. The molecule has 1 heterocycles. The summed E-state index contributed by atoms with van der Waals surface area (Å²) in [4.78, 5) is 0. The molecule has 1 N–H and O–H groups in total. The minimum atomic E-state index is -0.485.